The number of aryl methyl sites for hydroxylation is 1. The Morgan fingerprint density at radius 3 is 2.65 bits per heavy atom. The molecule has 0 spiro atoms. The highest BCUT2D eigenvalue weighted by Crippen LogP contribution is 2.38. The Morgan fingerprint density at radius 2 is 1.97 bits per heavy atom. The lowest BCUT2D eigenvalue weighted by Gasteiger charge is -2.19. The molecule has 6 nitrogen and oxygen atoms in total. The van der Waals surface area contributed by atoms with Gasteiger partial charge in [-0.25, -0.2) is 9.97 Å². The molecule has 1 aliphatic carbocycles. The van der Waals surface area contributed by atoms with Gasteiger partial charge in [0.1, 0.15) is 17.4 Å². The Bertz CT molecular complexity index is 1040. The number of para-hydroxylation sites is 1. The molecular formula is C21H24F3N5OS. The van der Waals surface area contributed by atoms with Gasteiger partial charge in [0.15, 0.2) is 0 Å². The molecule has 166 valence electrons. The van der Waals surface area contributed by atoms with Gasteiger partial charge in [-0.3, -0.25) is 0 Å². The van der Waals surface area contributed by atoms with Gasteiger partial charge >= 0.3 is 6.18 Å². The highest BCUT2D eigenvalue weighted by atomic mass is 32.1. The molecule has 0 amide bonds. The summed E-state index contributed by atoms with van der Waals surface area (Å²) in [4.78, 5) is 13.3. The molecule has 1 unspecified atom stereocenters. The van der Waals surface area contributed by atoms with Crippen molar-refractivity contribution in [1.82, 2.24) is 15.0 Å². The van der Waals surface area contributed by atoms with Crippen LogP contribution in [0.3, 0.4) is 0 Å². The summed E-state index contributed by atoms with van der Waals surface area (Å²) in [6, 6.07) is 7.81. The number of hydrogen-bond donors (Lipinski definition) is 3. The van der Waals surface area contributed by atoms with Gasteiger partial charge in [0.05, 0.1) is 27.6 Å². The molecule has 1 saturated carbocycles. The number of thiazole rings is 1. The fourth-order valence-electron chi connectivity index (χ4n) is 3.95. The maximum Gasteiger partial charge on any atom is 0.405 e. The molecule has 3 atom stereocenters. The molecule has 0 bridgehead atoms. The van der Waals surface area contributed by atoms with Gasteiger partial charge in [-0.15, -0.1) is 11.3 Å². The number of aromatic nitrogens is 3. The van der Waals surface area contributed by atoms with Gasteiger partial charge in [-0.05, 0) is 51.2 Å². The SMILES string of the molecule is Cc1nc(NCC(F)(F)F)nc(N[C@H]2CC[C@@H](C(C)O)C2)c1-c1nc2ccccc2s1. The molecule has 31 heavy (non-hydrogen) atoms. The minimum atomic E-state index is -4.37. The van der Waals surface area contributed by atoms with Crippen LogP contribution in [0.25, 0.3) is 20.8 Å². The fraction of sp³-hybridized carbons (Fsp3) is 0.476. The first kappa shape index (κ1) is 21.8. The average Bonchev–Trinajstić information content (AvgIpc) is 3.32. The first-order chi connectivity index (χ1) is 14.7. The average molecular weight is 452 g/mol. The number of halogens is 3. The van der Waals surface area contributed by atoms with Crippen molar-refractivity contribution in [3.05, 3.63) is 30.0 Å². The molecule has 3 N–H and O–H groups in total. The highest BCUT2D eigenvalue weighted by molar-refractivity contribution is 7.21. The van der Waals surface area contributed by atoms with E-state index in [0.717, 1.165) is 29.5 Å². The molecule has 1 aliphatic rings. The number of aliphatic hydroxyl groups excluding tert-OH is 1. The van der Waals surface area contributed by atoms with Crippen LogP contribution in [-0.4, -0.2) is 44.9 Å². The van der Waals surface area contributed by atoms with E-state index in [-0.39, 0.29) is 17.9 Å². The van der Waals surface area contributed by atoms with Crippen molar-refractivity contribution in [2.45, 2.75) is 51.4 Å². The third-order valence-electron chi connectivity index (χ3n) is 5.54. The predicted octanol–water partition coefficient (Wildman–Crippen LogP) is 5.00. The Kier molecular flexibility index (Phi) is 6.02. The van der Waals surface area contributed by atoms with Crippen LogP contribution in [0.2, 0.25) is 0 Å². The molecule has 3 aromatic rings. The summed E-state index contributed by atoms with van der Waals surface area (Å²) in [5.74, 6) is 0.578. The molecule has 2 aromatic heterocycles. The van der Waals surface area contributed by atoms with E-state index in [4.69, 9.17) is 4.98 Å². The van der Waals surface area contributed by atoms with Gasteiger partial charge in [-0.1, -0.05) is 12.1 Å². The summed E-state index contributed by atoms with van der Waals surface area (Å²) in [6.07, 6.45) is -2.26. The quantitative estimate of drug-likeness (QED) is 0.489. The van der Waals surface area contributed by atoms with E-state index in [1.54, 1.807) is 13.8 Å². The molecule has 1 aromatic carbocycles. The third kappa shape index (κ3) is 5.07. The second kappa shape index (κ2) is 8.58. The zero-order valence-corrected chi connectivity index (χ0v) is 18.0. The lowest BCUT2D eigenvalue weighted by atomic mass is 10.0. The standard InChI is InChI=1S/C21H24F3N5OS/c1-11-17(19-28-15-5-3-4-6-16(15)31-19)18(27-14-8-7-13(9-14)12(2)30)29-20(26-11)25-10-21(22,23)24/h3-6,12-14,30H,7-10H2,1-2H3,(H2,25,26,27,29)/t12?,13-,14+/m1/s1. The van der Waals surface area contributed by atoms with Crippen molar-refractivity contribution in [2.24, 2.45) is 5.92 Å². The summed E-state index contributed by atoms with van der Waals surface area (Å²) in [7, 11) is 0. The summed E-state index contributed by atoms with van der Waals surface area (Å²) in [5.41, 5.74) is 2.09. The van der Waals surface area contributed by atoms with Crippen molar-refractivity contribution in [3.63, 3.8) is 0 Å². The lowest BCUT2D eigenvalue weighted by Crippen LogP contribution is -2.24. The predicted molar refractivity (Wildman–Crippen MR) is 116 cm³/mol. The number of aliphatic hydroxyl groups is 1. The number of benzene rings is 1. The number of nitrogens with one attached hydrogen (secondary N) is 2. The van der Waals surface area contributed by atoms with Crippen LogP contribution in [0.15, 0.2) is 24.3 Å². The van der Waals surface area contributed by atoms with Crippen molar-refractivity contribution >= 4 is 33.3 Å². The summed E-state index contributed by atoms with van der Waals surface area (Å²) < 4.78 is 39.1. The minimum absolute atomic E-state index is 0.0671. The van der Waals surface area contributed by atoms with E-state index >= 15 is 0 Å². The molecule has 0 saturated heterocycles. The van der Waals surface area contributed by atoms with Crippen LogP contribution in [-0.2, 0) is 0 Å². The van der Waals surface area contributed by atoms with Gasteiger partial charge < -0.3 is 15.7 Å². The molecule has 2 heterocycles. The first-order valence-electron chi connectivity index (χ1n) is 10.2. The molecule has 4 rings (SSSR count). The largest absolute Gasteiger partial charge is 0.405 e. The van der Waals surface area contributed by atoms with Crippen LogP contribution in [0.5, 0.6) is 0 Å². The Labute approximate surface area is 182 Å². The van der Waals surface area contributed by atoms with E-state index in [9.17, 15) is 18.3 Å². The number of fused-ring (bicyclic) bond motifs is 1. The van der Waals surface area contributed by atoms with E-state index < -0.39 is 18.8 Å². The van der Waals surface area contributed by atoms with E-state index in [0.29, 0.717) is 22.1 Å². The molecular weight excluding hydrogens is 427 g/mol. The van der Waals surface area contributed by atoms with Crippen LogP contribution >= 0.6 is 11.3 Å². The molecule has 10 heteroatoms. The monoisotopic (exact) mass is 451 g/mol. The second-order valence-electron chi connectivity index (χ2n) is 7.97. The third-order valence-corrected chi connectivity index (χ3v) is 6.59. The van der Waals surface area contributed by atoms with Gasteiger partial charge in [0.25, 0.3) is 0 Å². The smallest absolute Gasteiger partial charge is 0.393 e. The van der Waals surface area contributed by atoms with Crippen LogP contribution in [0.4, 0.5) is 24.9 Å². The first-order valence-corrected chi connectivity index (χ1v) is 11.0. The Hall–Kier alpha value is -2.46. The Balaban J connectivity index is 1.70. The van der Waals surface area contributed by atoms with Gasteiger partial charge in [0.2, 0.25) is 5.95 Å². The number of anilines is 2. The van der Waals surface area contributed by atoms with Crippen LogP contribution in [0.1, 0.15) is 31.9 Å². The molecule has 0 aliphatic heterocycles. The lowest BCUT2D eigenvalue weighted by molar-refractivity contribution is -0.115. The van der Waals surface area contributed by atoms with Gasteiger partial charge in [-0.2, -0.15) is 18.2 Å². The Morgan fingerprint density at radius 1 is 1.19 bits per heavy atom. The number of alkyl halides is 3. The van der Waals surface area contributed by atoms with E-state index in [2.05, 4.69) is 20.6 Å². The zero-order chi connectivity index (χ0) is 22.2. The van der Waals surface area contributed by atoms with E-state index in [1.807, 2.05) is 24.3 Å². The second-order valence-corrected chi connectivity index (χ2v) is 9.00. The zero-order valence-electron chi connectivity index (χ0n) is 17.2. The maximum absolute atomic E-state index is 12.7. The number of rotatable bonds is 6. The minimum Gasteiger partial charge on any atom is -0.393 e. The van der Waals surface area contributed by atoms with E-state index in [1.165, 1.54) is 11.3 Å². The highest BCUT2D eigenvalue weighted by Gasteiger charge is 2.30. The topological polar surface area (TPSA) is 83.0 Å². The summed E-state index contributed by atoms with van der Waals surface area (Å²) in [5, 5.41) is 16.3. The molecule has 1 fully saturated rings. The fourth-order valence-corrected chi connectivity index (χ4v) is 5.01. The molecule has 0 radical (unpaired) electrons. The van der Waals surface area contributed by atoms with Crippen molar-refractivity contribution in [2.75, 3.05) is 17.2 Å². The normalized spacial score (nSPS) is 20.2. The maximum atomic E-state index is 12.7. The van der Waals surface area contributed by atoms with Crippen LogP contribution in [0, 0.1) is 12.8 Å². The van der Waals surface area contributed by atoms with Gasteiger partial charge in [0, 0.05) is 6.04 Å². The number of nitrogens with zero attached hydrogens (tertiary/aromatic N) is 3. The number of hydrogen-bond acceptors (Lipinski definition) is 7. The van der Waals surface area contributed by atoms with Crippen molar-refractivity contribution in [1.29, 1.82) is 0 Å². The summed E-state index contributed by atoms with van der Waals surface area (Å²) >= 11 is 1.49. The summed E-state index contributed by atoms with van der Waals surface area (Å²) in [6.45, 7) is 2.33. The van der Waals surface area contributed by atoms with Crippen molar-refractivity contribution < 1.29 is 18.3 Å². The van der Waals surface area contributed by atoms with Crippen molar-refractivity contribution in [3.8, 4) is 10.6 Å². The van der Waals surface area contributed by atoms with Crippen LogP contribution < -0.4 is 10.6 Å².